The SMILES string of the molecule is Cc1nc(CNCc2cccc3ccccc23)cs1. The standard InChI is InChI=1S/C16H16N2S/c1-12-18-15(11-19-12)10-17-9-14-7-4-6-13-5-2-3-8-16(13)14/h2-8,11,17H,9-10H2,1H3. The summed E-state index contributed by atoms with van der Waals surface area (Å²) in [5.74, 6) is 0. The molecule has 0 unspecified atom stereocenters. The van der Waals surface area contributed by atoms with E-state index < -0.39 is 0 Å². The van der Waals surface area contributed by atoms with Crippen molar-refractivity contribution in [2.75, 3.05) is 0 Å². The summed E-state index contributed by atoms with van der Waals surface area (Å²) in [5.41, 5.74) is 2.47. The van der Waals surface area contributed by atoms with Crippen LogP contribution in [0.1, 0.15) is 16.3 Å². The number of hydrogen-bond acceptors (Lipinski definition) is 3. The Hall–Kier alpha value is -1.71. The molecule has 0 fully saturated rings. The maximum Gasteiger partial charge on any atom is 0.0897 e. The minimum atomic E-state index is 0.827. The number of thiazole rings is 1. The molecule has 3 heteroatoms. The summed E-state index contributed by atoms with van der Waals surface area (Å²) in [7, 11) is 0. The van der Waals surface area contributed by atoms with Gasteiger partial charge in [-0.05, 0) is 23.3 Å². The van der Waals surface area contributed by atoms with Gasteiger partial charge in [-0.15, -0.1) is 11.3 Å². The van der Waals surface area contributed by atoms with Gasteiger partial charge in [-0.1, -0.05) is 42.5 Å². The highest BCUT2D eigenvalue weighted by molar-refractivity contribution is 7.09. The second kappa shape index (κ2) is 5.51. The van der Waals surface area contributed by atoms with Crippen LogP contribution < -0.4 is 5.32 Å². The van der Waals surface area contributed by atoms with E-state index in [0.717, 1.165) is 23.8 Å². The lowest BCUT2D eigenvalue weighted by atomic mass is 10.0. The highest BCUT2D eigenvalue weighted by atomic mass is 32.1. The summed E-state index contributed by atoms with van der Waals surface area (Å²) in [5, 5.41) is 9.33. The van der Waals surface area contributed by atoms with Crippen molar-refractivity contribution in [2.45, 2.75) is 20.0 Å². The van der Waals surface area contributed by atoms with Crippen LogP contribution in [0.3, 0.4) is 0 Å². The van der Waals surface area contributed by atoms with Crippen molar-refractivity contribution in [3.63, 3.8) is 0 Å². The number of hydrogen-bond donors (Lipinski definition) is 1. The lowest BCUT2D eigenvalue weighted by Gasteiger charge is -2.07. The third-order valence-electron chi connectivity index (χ3n) is 3.17. The number of fused-ring (bicyclic) bond motifs is 1. The Kier molecular flexibility index (Phi) is 3.58. The molecular weight excluding hydrogens is 252 g/mol. The van der Waals surface area contributed by atoms with Gasteiger partial charge in [0, 0.05) is 18.5 Å². The van der Waals surface area contributed by atoms with Gasteiger partial charge in [-0.25, -0.2) is 4.98 Å². The summed E-state index contributed by atoms with van der Waals surface area (Å²) >= 11 is 1.70. The smallest absolute Gasteiger partial charge is 0.0897 e. The third kappa shape index (κ3) is 2.83. The quantitative estimate of drug-likeness (QED) is 0.776. The van der Waals surface area contributed by atoms with E-state index in [-0.39, 0.29) is 0 Å². The molecule has 2 nitrogen and oxygen atoms in total. The van der Waals surface area contributed by atoms with E-state index in [0.29, 0.717) is 0 Å². The van der Waals surface area contributed by atoms with Gasteiger partial charge in [0.1, 0.15) is 0 Å². The second-order valence-electron chi connectivity index (χ2n) is 4.60. The maximum atomic E-state index is 4.46. The number of aryl methyl sites for hydroxylation is 1. The van der Waals surface area contributed by atoms with Crippen molar-refractivity contribution in [3.8, 4) is 0 Å². The van der Waals surface area contributed by atoms with Gasteiger partial charge in [-0.3, -0.25) is 0 Å². The Morgan fingerprint density at radius 2 is 1.89 bits per heavy atom. The summed E-state index contributed by atoms with van der Waals surface area (Å²) in [6.45, 7) is 3.74. The Morgan fingerprint density at radius 1 is 1.05 bits per heavy atom. The molecule has 0 spiro atoms. The predicted octanol–water partition coefficient (Wildman–Crippen LogP) is 3.89. The molecule has 0 aliphatic rings. The zero-order valence-corrected chi connectivity index (χ0v) is 11.7. The molecule has 2 aromatic carbocycles. The van der Waals surface area contributed by atoms with Crippen LogP contribution in [0.15, 0.2) is 47.8 Å². The van der Waals surface area contributed by atoms with E-state index in [1.807, 2.05) is 6.92 Å². The van der Waals surface area contributed by atoms with E-state index in [9.17, 15) is 0 Å². The molecule has 0 saturated heterocycles. The normalized spacial score (nSPS) is 11.0. The number of nitrogens with one attached hydrogen (secondary N) is 1. The first-order chi connectivity index (χ1) is 9.33. The molecule has 0 amide bonds. The van der Waals surface area contributed by atoms with Crippen molar-refractivity contribution in [1.29, 1.82) is 0 Å². The van der Waals surface area contributed by atoms with Crippen LogP contribution in [-0.4, -0.2) is 4.98 Å². The molecule has 19 heavy (non-hydrogen) atoms. The van der Waals surface area contributed by atoms with Gasteiger partial charge in [0.2, 0.25) is 0 Å². The molecule has 0 aliphatic heterocycles. The molecule has 0 bridgehead atoms. The molecule has 96 valence electrons. The zero-order valence-electron chi connectivity index (χ0n) is 10.9. The molecule has 3 rings (SSSR count). The summed E-state index contributed by atoms with van der Waals surface area (Å²) < 4.78 is 0. The summed E-state index contributed by atoms with van der Waals surface area (Å²) in [6.07, 6.45) is 0. The van der Waals surface area contributed by atoms with Gasteiger partial charge < -0.3 is 5.32 Å². The van der Waals surface area contributed by atoms with Crippen LogP contribution in [0.5, 0.6) is 0 Å². The third-order valence-corrected chi connectivity index (χ3v) is 3.99. The fourth-order valence-electron chi connectivity index (χ4n) is 2.26. The van der Waals surface area contributed by atoms with Crippen LogP contribution in [0.25, 0.3) is 10.8 Å². The number of aromatic nitrogens is 1. The van der Waals surface area contributed by atoms with E-state index in [1.54, 1.807) is 11.3 Å². The molecule has 0 saturated carbocycles. The van der Waals surface area contributed by atoms with E-state index in [1.165, 1.54) is 16.3 Å². The average molecular weight is 268 g/mol. The Balaban J connectivity index is 1.71. The van der Waals surface area contributed by atoms with Crippen LogP contribution in [-0.2, 0) is 13.1 Å². The highest BCUT2D eigenvalue weighted by Gasteiger charge is 2.01. The van der Waals surface area contributed by atoms with E-state index >= 15 is 0 Å². The molecule has 0 aliphatic carbocycles. The Bertz CT molecular complexity index is 683. The number of rotatable bonds is 4. The van der Waals surface area contributed by atoms with Crippen LogP contribution in [0.2, 0.25) is 0 Å². The fraction of sp³-hybridized carbons (Fsp3) is 0.188. The van der Waals surface area contributed by atoms with Gasteiger partial charge in [0.15, 0.2) is 0 Å². The average Bonchev–Trinajstić information content (AvgIpc) is 2.85. The van der Waals surface area contributed by atoms with Gasteiger partial charge in [-0.2, -0.15) is 0 Å². The van der Waals surface area contributed by atoms with Gasteiger partial charge >= 0.3 is 0 Å². The first-order valence-electron chi connectivity index (χ1n) is 6.41. The molecule has 1 N–H and O–H groups in total. The summed E-state index contributed by atoms with van der Waals surface area (Å²) in [4.78, 5) is 4.46. The molecule has 3 aromatic rings. The maximum absolute atomic E-state index is 4.46. The molecule has 0 radical (unpaired) electrons. The minimum Gasteiger partial charge on any atom is -0.307 e. The molecule has 0 atom stereocenters. The van der Waals surface area contributed by atoms with Crippen LogP contribution in [0.4, 0.5) is 0 Å². The Labute approximate surface area is 117 Å². The first kappa shape index (κ1) is 12.3. The van der Waals surface area contributed by atoms with Crippen LogP contribution in [0, 0.1) is 6.92 Å². The van der Waals surface area contributed by atoms with Crippen molar-refractivity contribution in [1.82, 2.24) is 10.3 Å². The van der Waals surface area contributed by atoms with Crippen molar-refractivity contribution in [3.05, 3.63) is 64.1 Å². The van der Waals surface area contributed by atoms with Gasteiger partial charge in [0.25, 0.3) is 0 Å². The minimum absolute atomic E-state index is 0.827. The van der Waals surface area contributed by atoms with Crippen molar-refractivity contribution in [2.24, 2.45) is 0 Å². The molecular formula is C16H16N2S. The lowest BCUT2D eigenvalue weighted by Crippen LogP contribution is -2.13. The second-order valence-corrected chi connectivity index (χ2v) is 5.66. The van der Waals surface area contributed by atoms with E-state index in [4.69, 9.17) is 0 Å². The van der Waals surface area contributed by atoms with Gasteiger partial charge in [0.05, 0.1) is 10.7 Å². The monoisotopic (exact) mass is 268 g/mol. The van der Waals surface area contributed by atoms with Crippen molar-refractivity contribution >= 4 is 22.1 Å². The highest BCUT2D eigenvalue weighted by Crippen LogP contribution is 2.18. The number of nitrogens with zero attached hydrogens (tertiary/aromatic N) is 1. The van der Waals surface area contributed by atoms with E-state index in [2.05, 4.69) is 58.1 Å². The predicted molar refractivity (Wildman–Crippen MR) is 81.3 cm³/mol. The zero-order chi connectivity index (χ0) is 13.1. The molecule has 1 aromatic heterocycles. The first-order valence-corrected chi connectivity index (χ1v) is 7.29. The fourth-order valence-corrected chi connectivity index (χ4v) is 2.87. The largest absolute Gasteiger partial charge is 0.307 e. The van der Waals surface area contributed by atoms with Crippen LogP contribution >= 0.6 is 11.3 Å². The topological polar surface area (TPSA) is 24.9 Å². The molecule has 1 heterocycles. The van der Waals surface area contributed by atoms with Crippen molar-refractivity contribution < 1.29 is 0 Å². The lowest BCUT2D eigenvalue weighted by molar-refractivity contribution is 0.684. The number of benzene rings is 2. The Morgan fingerprint density at radius 3 is 2.74 bits per heavy atom. The summed E-state index contributed by atoms with van der Waals surface area (Å²) in [6, 6.07) is 15.0.